The van der Waals surface area contributed by atoms with Crippen molar-refractivity contribution < 1.29 is 9.90 Å². The first kappa shape index (κ1) is 14.4. The number of nitrogens with two attached hydrogens (primary N) is 1. The molecule has 1 amide bonds. The minimum atomic E-state index is -0.306. The average molecular weight is 216 g/mol. The minimum absolute atomic E-state index is 0.0258. The molecule has 0 aromatic heterocycles. The van der Waals surface area contributed by atoms with Crippen molar-refractivity contribution >= 4 is 5.91 Å². The van der Waals surface area contributed by atoms with Crippen LogP contribution < -0.4 is 11.1 Å². The van der Waals surface area contributed by atoms with E-state index in [4.69, 9.17) is 10.8 Å². The predicted octanol–water partition coefficient (Wildman–Crippen LogP) is 0.781. The van der Waals surface area contributed by atoms with Crippen LogP contribution >= 0.6 is 0 Å². The van der Waals surface area contributed by atoms with Crippen molar-refractivity contribution in [2.75, 3.05) is 6.61 Å². The molecular weight excluding hydrogens is 192 g/mol. The summed E-state index contributed by atoms with van der Waals surface area (Å²) in [5.41, 5.74) is 5.39. The highest BCUT2D eigenvalue weighted by Gasteiger charge is 2.23. The van der Waals surface area contributed by atoms with Crippen molar-refractivity contribution in [1.29, 1.82) is 0 Å². The van der Waals surface area contributed by atoms with Gasteiger partial charge in [0.15, 0.2) is 0 Å². The zero-order chi connectivity index (χ0) is 11.9. The van der Waals surface area contributed by atoms with Gasteiger partial charge in [0, 0.05) is 24.6 Å². The van der Waals surface area contributed by atoms with E-state index in [0.29, 0.717) is 12.8 Å². The van der Waals surface area contributed by atoms with Crippen LogP contribution in [0.2, 0.25) is 0 Å². The Hall–Kier alpha value is -0.610. The van der Waals surface area contributed by atoms with Crippen molar-refractivity contribution in [1.82, 2.24) is 5.32 Å². The van der Waals surface area contributed by atoms with Crippen LogP contribution in [0.15, 0.2) is 0 Å². The molecule has 4 nitrogen and oxygen atoms in total. The Kier molecular flexibility index (Phi) is 6.52. The van der Waals surface area contributed by atoms with Gasteiger partial charge in [-0.15, -0.1) is 0 Å². The van der Waals surface area contributed by atoms with E-state index in [9.17, 15) is 4.79 Å². The van der Waals surface area contributed by atoms with E-state index in [0.717, 1.165) is 12.8 Å². The van der Waals surface area contributed by atoms with Gasteiger partial charge in [-0.25, -0.2) is 0 Å². The highest BCUT2D eigenvalue weighted by atomic mass is 16.3. The SMILES string of the molecule is CCC(N)CC(=O)NC(C)(CC)CCO. The fourth-order valence-corrected chi connectivity index (χ4v) is 1.34. The largest absolute Gasteiger partial charge is 0.396 e. The summed E-state index contributed by atoms with van der Waals surface area (Å²) < 4.78 is 0. The first-order valence-electron chi connectivity index (χ1n) is 5.65. The molecule has 90 valence electrons. The first-order valence-corrected chi connectivity index (χ1v) is 5.65. The van der Waals surface area contributed by atoms with Gasteiger partial charge in [0.25, 0.3) is 0 Å². The maximum absolute atomic E-state index is 11.6. The van der Waals surface area contributed by atoms with Gasteiger partial charge < -0.3 is 16.2 Å². The number of nitrogens with one attached hydrogen (secondary N) is 1. The van der Waals surface area contributed by atoms with E-state index in [1.807, 2.05) is 20.8 Å². The molecule has 0 saturated heterocycles. The molecule has 2 unspecified atom stereocenters. The number of hydrogen-bond acceptors (Lipinski definition) is 3. The standard InChI is InChI=1S/C11H24N2O2/c1-4-9(12)8-10(15)13-11(3,5-2)6-7-14/h9,14H,4-8,12H2,1-3H3,(H,13,15). The molecular formula is C11H24N2O2. The summed E-state index contributed by atoms with van der Waals surface area (Å²) in [6, 6.07) is -0.0692. The molecule has 0 aliphatic heterocycles. The van der Waals surface area contributed by atoms with Crippen LogP contribution in [0.25, 0.3) is 0 Å². The van der Waals surface area contributed by atoms with Crippen LogP contribution in [0.3, 0.4) is 0 Å². The van der Waals surface area contributed by atoms with Crippen LogP contribution in [-0.4, -0.2) is 29.2 Å². The highest BCUT2D eigenvalue weighted by Crippen LogP contribution is 2.14. The number of carbonyl (C=O) groups excluding carboxylic acids is 1. The molecule has 0 heterocycles. The molecule has 15 heavy (non-hydrogen) atoms. The Morgan fingerprint density at radius 1 is 1.53 bits per heavy atom. The lowest BCUT2D eigenvalue weighted by atomic mass is 9.94. The number of aliphatic hydroxyl groups is 1. The molecule has 0 saturated carbocycles. The molecule has 0 radical (unpaired) electrons. The molecule has 0 rings (SSSR count). The van der Waals surface area contributed by atoms with Crippen LogP contribution in [-0.2, 0) is 4.79 Å². The van der Waals surface area contributed by atoms with Gasteiger partial charge in [0.2, 0.25) is 5.91 Å². The van der Waals surface area contributed by atoms with E-state index in [1.54, 1.807) is 0 Å². The average Bonchev–Trinajstić information content (AvgIpc) is 2.17. The second-order valence-corrected chi connectivity index (χ2v) is 4.31. The van der Waals surface area contributed by atoms with Crippen LogP contribution in [0, 0.1) is 0 Å². The van der Waals surface area contributed by atoms with Gasteiger partial charge in [-0.2, -0.15) is 0 Å². The van der Waals surface area contributed by atoms with Gasteiger partial charge in [0.05, 0.1) is 0 Å². The lowest BCUT2D eigenvalue weighted by Crippen LogP contribution is -2.47. The molecule has 0 aromatic rings. The van der Waals surface area contributed by atoms with Gasteiger partial charge in [-0.3, -0.25) is 4.79 Å². The van der Waals surface area contributed by atoms with Gasteiger partial charge in [-0.05, 0) is 26.2 Å². The lowest BCUT2D eigenvalue weighted by Gasteiger charge is -2.29. The smallest absolute Gasteiger partial charge is 0.221 e. The zero-order valence-electron chi connectivity index (χ0n) is 10.0. The fourth-order valence-electron chi connectivity index (χ4n) is 1.34. The molecule has 0 bridgehead atoms. The number of rotatable bonds is 7. The quantitative estimate of drug-likeness (QED) is 0.588. The van der Waals surface area contributed by atoms with Gasteiger partial charge in [-0.1, -0.05) is 13.8 Å². The number of aliphatic hydroxyl groups excluding tert-OH is 1. The van der Waals surface area contributed by atoms with Crippen LogP contribution in [0.5, 0.6) is 0 Å². The molecule has 2 atom stereocenters. The summed E-state index contributed by atoms with van der Waals surface area (Å²) in [5, 5.41) is 11.8. The first-order chi connectivity index (χ1) is 6.97. The third kappa shape index (κ3) is 5.74. The summed E-state index contributed by atoms with van der Waals surface area (Å²) in [4.78, 5) is 11.6. The lowest BCUT2D eigenvalue weighted by molar-refractivity contribution is -0.123. The summed E-state index contributed by atoms with van der Waals surface area (Å²) in [5.74, 6) is -0.0258. The van der Waals surface area contributed by atoms with Crippen molar-refractivity contribution in [2.24, 2.45) is 5.73 Å². The molecule has 0 aliphatic rings. The monoisotopic (exact) mass is 216 g/mol. The highest BCUT2D eigenvalue weighted by molar-refractivity contribution is 5.77. The molecule has 0 aliphatic carbocycles. The Balaban J connectivity index is 4.12. The molecule has 0 spiro atoms. The maximum atomic E-state index is 11.6. The molecule has 0 fully saturated rings. The van der Waals surface area contributed by atoms with E-state index < -0.39 is 0 Å². The molecule has 4 heteroatoms. The Morgan fingerprint density at radius 2 is 2.13 bits per heavy atom. The number of carbonyl (C=O) groups is 1. The van der Waals surface area contributed by atoms with E-state index in [-0.39, 0.29) is 24.1 Å². The van der Waals surface area contributed by atoms with E-state index in [1.165, 1.54) is 0 Å². The Morgan fingerprint density at radius 3 is 2.53 bits per heavy atom. The maximum Gasteiger partial charge on any atom is 0.221 e. The summed E-state index contributed by atoms with van der Waals surface area (Å²) >= 11 is 0. The fraction of sp³-hybridized carbons (Fsp3) is 0.909. The van der Waals surface area contributed by atoms with E-state index in [2.05, 4.69) is 5.32 Å². The van der Waals surface area contributed by atoms with Crippen LogP contribution in [0.4, 0.5) is 0 Å². The Labute approximate surface area is 92.2 Å². The van der Waals surface area contributed by atoms with Crippen molar-refractivity contribution in [3.05, 3.63) is 0 Å². The summed E-state index contributed by atoms with van der Waals surface area (Å²) in [6.45, 7) is 5.99. The summed E-state index contributed by atoms with van der Waals surface area (Å²) in [7, 11) is 0. The van der Waals surface area contributed by atoms with Gasteiger partial charge >= 0.3 is 0 Å². The number of hydrogen-bond donors (Lipinski definition) is 3. The van der Waals surface area contributed by atoms with Gasteiger partial charge in [0.1, 0.15) is 0 Å². The third-order valence-electron chi connectivity index (χ3n) is 2.86. The Bertz CT molecular complexity index is 197. The third-order valence-corrected chi connectivity index (χ3v) is 2.86. The normalized spacial score (nSPS) is 16.9. The summed E-state index contributed by atoms with van der Waals surface area (Å²) in [6.07, 6.45) is 2.55. The van der Waals surface area contributed by atoms with E-state index >= 15 is 0 Å². The molecule has 0 aromatic carbocycles. The van der Waals surface area contributed by atoms with Crippen molar-refractivity contribution in [3.8, 4) is 0 Å². The minimum Gasteiger partial charge on any atom is -0.396 e. The van der Waals surface area contributed by atoms with Crippen molar-refractivity contribution in [2.45, 2.75) is 58.0 Å². The second kappa shape index (κ2) is 6.80. The zero-order valence-corrected chi connectivity index (χ0v) is 10.0. The predicted molar refractivity (Wildman–Crippen MR) is 61.4 cm³/mol. The topological polar surface area (TPSA) is 75.4 Å². The second-order valence-electron chi connectivity index (χ2n) is 4.31. The molecule has 4 N–H and O–H groups in total. The van der Waals surface area contributed by atoms with Crippen LogP contribution in [0.1, 0.15) is 46.5 Å². The number of amides is 1. The van der Waals surface area contributed by atoms with Crippen molar-refractivity contribution in [3.63, 3.8) is 0 Å².